The highest BCUT2D eigenvalue weighted by Crippen LogP contribution is 2.32. The summed E-state index contributed by atoms with van der Waals surface area (Å²) in [5.41, 5.74) is -0.124. The first-order valence-electron chi connectivity index (χ1n) is 4.15. The number of hydrogen-bond donors (Lipinski definition) is 2. The van der Waals surface area contributed by atoms with E-state index in [-0.39, 0.29) is 5.69 Å². The Kier molecular flexibility index (Phi) is 1.88. The molecule has 0 unspecified atom stereocenters. The van der Waals surface area contributed by atoms with E-state index < -0.39 is 0 Å². The Hall–Kier alpha value is -0.840. The lowest BCUT2D eigenvalue weighted by atomic mass is 10.3. The van der Waals surface area contributed by atoms with Crippen LogP contribution < -0.4 is 5.69 Å². The fraction of sp³-hybridized carbons (Fsp3) is 0.714. The molecule has 2 N–H and O–H groups in total. The number of hydrogen-bond acceptors (Lipinski definition) is 2. The van der Waals surface area contributed by atoms with E-state index in [1.165, 1.54) is 12.8 Å². The van der Waals surface area contributed by atoms with E-state index in [1.807, 2.05) is 0 Å². The van der Waals surface area contributed by atoms with Crippen molar-refractivity contribution in [1.82, 2.24) is 14.8 Å². The van der Waals surface area contributed by atoms with Gasteiger partial charge >= 0.3 is 5.69 Å². The molecule has 0 aromatic carbocycles. The van der Waals surface area contributed by atoms with Crippen LogP contribution in [0.1, 0.15) is 19.3 Å². The van der Waals surface area contributed by atoms with Gasteiger partial charge in [-0.05, 0) is 24.6 Å². The molecule has 0 amide bonds. The first-order chi connectivity index (χ1) is 5.77. The molecular weight excluding hydrogens is 174 g/mol. The van der Waals surface area contributed by atoms with Gasteiger partial charge in [-0.1, -0.05) is 12.8 Å². The van der Waals surface area contributed by atoms with Gasteiger partial charge < -0.3 is 0 Å². The van der Waals surface area contributed by atoms with Gasteiger partial charge in [0.1, 0.15) is 0 Å². The minimum absolute atomic E-state index is 0.124. The highest BCUT2D eigenvalue weighted by atomic mass is 32.1. The summed E-state index contributed by atoms with van der Waals surface area (Å²) in [6.45, 7) is 0.752. The van der Waals surface area contributed by atoms with Crippen molar-refractivity contribution in [3.05, 3.63) is 15.3 Å². The molecule has 66 valence electrons. The SMILES string of the molecule is O=c1[nH][nH]c(=S)n1CCC1CC1. The second-order valence-electron chi connectivity index (χ2n) is 3.24. The fourth-order valence-corrected chi connectivity index (χ4v) is 1.48. The topological polar surface area (TPSA) is 53.6 Å². The molecule has 1 aliphatic carbocycles. The maximum Gasteiger partial charge on any atom is 0.342 e. The summed E-state index contributed by atoms with van der Waals surface area (Å²) in [4.78, 5) is 11.1. The Morgan fingerprint density at radius 2 is 2.25 bits per heavy atom. The van der Waals surface area contributed by atoms with Gasteiger partial charge in [0.15, 0.2) is 4.77 Å². The average molecular weight is 185 g/mol. The van der Waals surface area contributed by atoms with E-state index in [2.05, 4.69) is 10.2 Å². The Morgan fingerprint density at radius 1 is 1.50 bits per heavy atom. The molecule has 1 fully saturated rings. The zero-order chi connectivity index (χ0) is 8.55. The molecule has 0 spiro atoms. The van der Waals surface area contributed by atoms with E-state index in [0.29, 0.717) is 4.77 Å². The maximum atomic E-state index is 11.1. The summed E-state index contributed by atoms with van der Waals surface area (Å²) in [7, 11) is 0. The fourth-order valence-electron chi connectivity index (χ4n) is 1.26. The minimum atomic E-state index is -0.124. The van der Waals surface area contributed by atoms with Crippen molar-refractivity contribution in [2.24, 2.45) is 5.92 Å². The molecule has 4 nitrogen and oxygen atoms in total. The zero-order valence-corrected chi connectivity index (χ0v) is 7.49. The van der Waals surface area contributed by atoms with E-state index >= 15 is 0 Å². The Balaban J connectivity index is 2.10. The molecule has 5 heteroatoms. The van der Waals surface area contributed by atoms with E-state index in [1.54, 1.807) is 4.57 Å². The molecule has 1 aliphatic rings. The van der Waals surface area contributed by atoms with Crippen molar-refractivity contribution in [2.45, 2.75) is 25.8 Å². The molecule has 0 radical (unpaired) electrons. The Labute approximate surface area is 74.6 Å². The van der Waals surface area contributed by atoms with E-state index in [9.17, 15) is 4.79 Å². The molecule has 12 heavy (non-hydrogen) atoms. The second-order valence-corrected chi connectivity index (χ2v) is 3.63. The molecule has 0 saturated heterocycles. The normalized spacial score (nSPS) is 16.7. The third-order valence-corrected chi connectivity index (χ3v) is 2.55. The lowest BCUT2D eigenvalue weighted by molar-refractivity contribution is 0.577. The second kappa shape index (κ2) is 2.90. The standard InChI is InChI=1S/C7H11N3OS/c11-6-8-9-7(12)10(6)4-3-5-1-2-5/h5H,1-4H2,(H,8,11)(H,9,12). The van der Waals surface area contributed by atoms with Gasteiger partial charge in [0.2, 0.25) is 0 Å². The van der Waals surface area contributed by atoms with E-state index in [4.69, 9.17) is 12.2 Å². The van der Waals surface area contributed by atoms with Crippen molar-refractivity contribution in [3.8, 4) is 0 Å². The molecule has 0 bridgehead atoms. The highest BCUT2D eigenvalue weighted by molar-refractivity contribution is 7.71. The van der Waals surface area contributed by atoms with Crippen LogP contribution >= 0.6 is 12.2 Å². The Morgan fingerprint density at radius 3 is 2.75 bits per heavy atom. The van der Waals surface area contributed by atoms with E-state index in [0.717, 1.165) is 18.9 Å². The molecular formula is C7H11N3OS. The van der Waals surface area contributed by atoms with Crippen LogP contribution in [0.2, 0.25) is 0 Å². The minimum Gasteiger partial charge on any atom is -0.272 e. The summed E-state index contributed by atoms with van der Waals surface area (Å²) >= 11 is 4.92. The molecule has 0 aliphatic heterocycles. The summed E-state index contributed by atoms with van der Waals surface area (Å²) < 4.78 is 2.08. The molecule has 1 aromatic heterocycles. The smallest absolute Gasteiger partial charge is 0.272 e. The van der Waals surface area contributed by atoms with Crippen LogP contribution in [0.5, 0.6) is 0 Å². The number of aromatic nitrogens is 3. The summed E-state index contributed by atoms with van der Waals surface area (Å²) in [5, 5.41) is 5.08. The predicted molar refractivity (Wildman–Crippen MR) is 47.6 cm³/mol. The van der Waals surface area contributed by atoms with Crippen LogP contribution in [0.25, 0.3) is 0 Å². The third-order valence-electron chi connectivity index (χ3n) is 2.22. The van der Waals surface area contributed by atoms with Crippen molar-refractivity contribution in [2.75, 3.05) is 0 Å². The summed E-state index contributed by atoms with van der Waals surface area (Å²) in [6.07, 6.45) is 3.71. The average Bonchev–Trinajstić information content (AvgIpc) is 2.80. The van der Waals surface area contributed by atoms with Gasteiger partial charge in [-0.3, -0.25) is 9.67 Å². The largest absolute Gasteiger partial charge is 0.342 e. The van der Waals surface area contributed by atoms with Crippen LogP contribution in [-0.2, 0) is 6.54 Å². The van der Waals surface area contributed by atoms with Crippen molar-refractivity contribution in [3.63, 3.8) is 0 Å². The molecule has 1 heterocycles. The quantitative estimate of drug-likeness (QED) is 0.691. The predicted octanol–water partition coefficient (Wildman–Crippen LogP) is 1.03. The first kappa shape index (κ1) is 7.79. The van der Waals surface area contributed by atoms with Gasteiger partial charge in [-0.2, -0.15) is 0 Å². The van der Waals surface area contributed by atoms with Crippen LogP contribution in [-0.4, -0.2) is 14.8 Å². The van der Waals surface area contributed by atoms with Crippen LogP contribution in [0.15, 0.2) is 4.79 Å². The van der Waals surface area contributed by atoms with Crippen LogP contribution in [0.4, 0.5) is 0 Å². The van der Waals surface area contributed by atoms with Gasteiger partial charge in [0.25, 0.3) is 0 Å². The number of rotatable bonds is 3. The monoisotopic (exact) mass is 185 g/mol. The summed E-state index contributed by atoms with van der Waals surface area (Å²) in [5.74, 6) is 0.834. The third kappa shape index (κ3) is 1.50. The zero-order valence-electron chi connectivity index (χ0n) is 6.67. The first-order valence-corrected chi connectivity index (χ1v) is 4.55. The number of aromatic amines is 2. The van der Waals surface area contributed by atoms with Crippen molar-refractivity contribution < 1.29 is 0 Å². The van der Waals surface area contributed by atoms with Gasteiger partial charge in [-0.25, -0.2) is 9.89 Å². The highest BCUT2D eigenvalue weighted by Gasteiger charge is 2.20. The number of nitrogens with one attached hydrogen (secondary N) is 2. The van der Waals surface area contributed by atoms with Gasteiger partial charge in [0, 0.05) is 6.54 Å². The number of H-pyrrole nitrogens is 2. The van der Waals surface area contributed by atoms with Crippen molar-refractivity contribution >= 4 is 12.2 Å². The molecule has 1 saturated carbocycles. The molecule has 1 aromatic rings. The maximum absolute atomic E-state index is 11.1. The number of nitrogens with zero attached hydrogens (tertiary/aromatic N) is 1. The van der Waals surface area contributed by atoms with Gasteiger partial charge in [0.05, 0.1) is 0 Å². The van der Waals surface area contributed by atoms with Crippen LogP contribution in [0, 0.1) is 10.7 Å². The lowest BCUT2D eigenvalue weighted by Gasteiger charge is -1.96. The summed E-state index contributed by atoms with van der Waals surface area (Å²) in [6, 6.07) is 0. The lowest BCUT2D eigenvalue weighted by Crippen LogP contribution is -2.17. The molecule has 0 atom stereocenters. The van der Waals surface area contributed by atoms with Crippen LogP contribution in [0.3, 0.4) is 0 Å². The van der Waals surface area contributed by atoms with Gasteiger partial charge in [-0.15, -0.1) is 0 Å². The molecule has 2 rings (SSSR count). The van der Waals surface area contributed by atoms with Crippen molar-refractivity contribution in [1.29, 1.82) is 0 Å². The Bertz CT molecular complexity index is 343.